The van der Waals surface area contributed by atoms with Crippen LogP contribution >= 0.6 is 58.8 Å². The highest BCUT2D eigenvalue weighted by Crippen LogP contribution is 2.42. The minimum Gasteiger partial charge on any atom is -0.165 e. The number of thioether (sulfide) groups is 5. The minimum absolute atomic E-state index is 0.539. The van der Waals surface area contributed by atoms with Gasteiger partial charge >= 0.3 is 0 Å². The van der Waals surface area contributed by atoms with Crippen LogP contribution in [0.1, 0.15) is 124 Å². The van der Waals surface area contributed by atoms with Crippen LogP contribution in [0.25, 0.3) is 0 Å². The van der Waals surface area contributed by atoms with E-state index in [4.69, 9.17) is 0 Å². The lowest BCUT2D eigenvalue weighted by molar-refractivity contribution is 0.375. The number of hydrogen-bond donors (Lipinski definition) is 0. The van der Waals surface area contributed by atoms with Gasteiger partial charge in [-0.2, -0.15) is 58.8 Å². The highest BCUT2D eigenvalue weighted by molar-refractivity contribution is 8.00. The molecule has 0 aromatic rings. The van der Waals surface area contributed by atoms with Crippen LogP contribution in [0.3, 0.4) is 0 Å². The molecule has 0 nitrogen and oxygen atoms in total. The van der Waals surface area contributed by atoms with Gasteiger partial charge in [0.15, 0.2) is 0 Å². The second kappa shape index (κ2) is 28.8. The Morgan fingerprint density at radius 2 is 1.11 bits per heavy atom. The van der Waals surface area contributed by atoms with Crippen LogP contribution in [0, 0.1) is 5.92 Å². The minimum atomic E-state index is 0.539. The third-order valence-electron chi connectivity index (χ3n) is 6.83. The molecule has 35 heavy (non-hydrogen) atoms. The van der Waals surface area contributed by atoms with Gasteiger partial charge in [-0.25, -0.2) is 0 Å². The molecule has 0 spiro atoms. The van der Waals surface area contributed by atoms with Gasteiger partial charge in [-0.3, -0.25) is 0 Å². The molecule has 5 heteroatoms. The van der Waals surface area contributed by atoms with Crippen LogP contribution in [0.2, 0.25) is 0 Å². The van der Waals surface area contributed by atoms with E-state index in [9.17, 15) is 0 Å². The Bertz CT molecular complexity index is 406. The van der Waals surface area contributed by atoms with Gasteiger partial charge in [0.25, 0.3) is 0 Å². The molecule has 0 fully saturated rings. The maximum Gasteiger partial charge on any atom is 0.0160 e. The van der Waals surface area contributed by atoms with Crippen LogP contribution in [0.5, 0.6) is 0 Å². The first-order valence-electron chi connectivity index (χ1n) is 15.0. The van der Waals surface area contributed by atoms with Gasteiger partial charge in [0.2, 0.25) is 0 Å². The molecule has 2 unspecified atom stereocenters. The summed E-state index contributed by atoms with van der Waals surface area (Å²) in [5.41, 5.74) is 0. The number of unbranched alkanes of at least 4 members (excludes halogenated alkanes) is 4. The zero-order valence-corrected chi connectivity index (χ0v) is 28.5. The molecule has 0 aromatic carbocycles. The van der Waals surface area contributed by atoms with Crippen molar-refractivity contribution in [3.63, 3.8) is 0 Å². The molecule has 0 bridgehead atoms. The zero-order chi connectivity index (χ0) is 25.9. The van der Waals surface area contributed by atoms with E-state index in [-0.39, 0.29) is 0 Å². The summed E-state index contributed by atoms with van der Waals surface area (Å²) >= 11 is 11.0. The van der Waals surface area contributed by atoms with Crippen LogP contribution in [0.15, 0.2) is 0 Å². The SMILES string of the molecule is CCCCCCSCCC(CCSC)CCC(CCCSCCC)(CCCSCCCC)SCC. The summed E-state index contributed by atoms with van der Waals surface area (Å²) in [5.74, 6) is 11.8. The molecule has 0 radical (unpaired) electrons. The zero-order valence-electron chi connectivity index (χ0n) is 24.4. The van der Waals surface area contributed by atoms with E-state index < -0.39 is 0 Å². The van der Waals surface area contributed by atoms with Crippen LogP contribution in [-0.2, 0) is 0 Å². The molecule has 0 aliphatic carbocycles. The molecular formula is C30H62S5. The van der Waals surface area contributed by atoms with Gasteiger partial charge in [-0.1, -0.05) is 53.4 Å². The monoisotopic (exact) mass is 582 g/mol. The van der Waals surface area contributed by atoms with Crippen molar-refractivity contribution < 1.29 is 0 Å². The first-order valence-corrected chi connectivity index (χ1v) is 20.9. The van der Waals surface area contributed by atoms with Gasteiger partial charge in [0.1, 0.15) is 0 Å². The van der Waals surface area contributed by atoms with E-state index in [1.54, 1.807) is 0 Å². The predicted molar refractivity (Wildman–Crippen MR) is 181 cm³/mol. The molecule has 0 amide bonds. The van der Waals surface area contributed by atoms with E-state index in [1.807, 2.05) is 0 Å². The summed E-state index contributed by atoms with van der Waals surface area (Å²) < 4.78 is 0.539. The standard InChI is InChI=1S/C30H62S5/c1-6-10-12-13-24-34-28-18-29(17-27-31-5)16-21-30(35-9-4,19-14-25-32-22-8-3)20-15-26-33-23-11-7-2/h29H,6-28H2,1-5H3. The average molecular weight is 583 g/mol. The summed E-state index contributed by atoms with van der Waals surface area (Å²) in [5, 5.41) is 0. The Balaban J connectivity index is 4.83. The van der Waals surface area contributed by atoms with Crippen molar-refractivity contribution in [2.75, 3.05) is 52.3 Å². The van der Waals surface area contributed by atoms with Crippen molar-refractivity contribution in [2.24, 2.45) is 5.92 Å². The third kappa shape index (κ3) is 23.4. The van der Waals surface area contributed by atoms with E-state index >= 15 is 0 Å². The Morgan fingerprint density at radius 3 is 1.74 bits per heavy atom. The van der Waals surface area contributed by atoms with Gasteiger partial charge in [-0.05, 0) is 129 Å². The number of rotatable bonds is 29. The molecule has 0 heterocycles. The second-order valence-electron chi connectivity index (χ2n) is 10.0. The summed E-state index contributed by atoms with van der Waals surface area (Å²) in [4.78, 5) is 0. The van der Waals surface area contributed by atoms with Crippen molar-refractivity contribution >= 4 is 58.8 Å². The smallest absolute Gasteiger partial charge is 0.0160 e. The maximum atomic E-state index is 2.40. The summed E-state index contributed by atoms with van der Waals surface area (Å²) in [6, 6.07) is 0. The van der Waals surface area contributed by atoms with Crippen molar-refractivity contribution in [3.8, 4) is 0 Å². The first-order chi connectivity index (χ1) is 17.2. The van der Waals surface area contributed by atoms with Crippen molar-refractivity contribution in [1.29, 1.82) is 0 Å². The van der Waals surface area contributed by atoms with Gasteiger partial charge < -0.3 is 0 Å². The molecule has 0 aliphatic heterocycles. The van der Waals surface area contributed by atoms with Crippen molar-refractivity contribution in [2.45, 2.75) is 129 Å². The molecule has 0 saturated carbocycles. The Morgan fingerprint density at radius 1 is 0.514 bits per heavy atom. The summed E-state index contributed by atoms with van der Waals surface area (Å²) in [6.45, 7) is 9.36. The molecular weight excluding hydrogens is 521 g/mol. The van der Waals surface area contributed by atoms with Crippen LogP contribution < -0.4 is 0 Å². The lowest BCUT2D eigenvalue weighted by Gasteiger charge is -2.35. The summed E-state index contributed by atoms with van der Waals surface area (Å²) in [6.07, 6.45) is 23.5. The number of hydrogen-bond acceptors (Lipinski definition) is 5. The highest BCUT2D eigenvalue weighted by Gasteiger charge is 2.30. The Kier molecular flexibility index (Phi) is 30.2. The van der Waals surface area contributed by atoms with Crippen LogP contribution in [0.4, 0.5) is 0 Å². The van der Waals surface area contributed by atoms with Crippen LogP contribution in [-0.4, -0.2) is 57.0 Å². The second-order valence-corrected chi connectivity index (χ2v) is 16.4. The Hall–Kier alpha value is 1.75. The molecule has 212 valence electrons. The molecule has 0 saturated heterocycles. The van der Waals surface area contributed by atoms with E-state index in [2.05, 4.69) is 92.8 Å². The topological polar surface area (TPSA) is 0 Å². The maximum absolute atomic E-state index is 2.40. The van der Waals surface area contributed by atoms with Gasteiger partial charge in [-0.15, -0.1) is 0 Å². The third-order valence-corrected chi connectivity index (χ3v) is 12.5. The molecule has 0 aliphatic rings. The van der Waals surface area contributed by atoms with E-state index in [0.717, 1.165) is 5.92 Å². The lowest BCUT2D eigenvalue weighted by Crippen LogP contribution is -2.27. The fourth-order valence-corrected chi connectivity index (χ4v) is 9.67. The quantitative estimate of drug-likeness (QED) is 0.0802. The summed E-state index contributed by atoms with van der Waals surface area (Å²) in [7, 11) is 0. The molecule has 0 N–H and O–H groups in total. The van der Waals surface area contributed by atoms with Gasteiger partial charge in [0.05, 0.1) is 0 Å². The molecule has 0 aromatic heterocycles. The fraction of sp³-hybridized carbons (Fsp3) is 1.00. The largest absolute Gasteiger partial charge is 0.165 e. The molecule has 0 rings (SSSR count). The van der Waals surface area contributed by atoms with E-state index in [0.29, 0.717) is 4.75 Å². The van der Waals surface area contributed by atoms with E-state index in [1.165, 1.54) is 142 Å². The van der Waals surface area contributed by atoms with Crippen molar-refractivity contribution in [1.82, 2.24) is 0 Å². The first kappa shape index (κ1) is 36.8. The average Bonchev–Trinajstić information content (AvgIpc) is 2.86. The Labute approximate surface area is 244 Å². The van der Waals surface area contributed by atoms with Gasteiger partial charge in [0, 0.05) is 4.75 Å². The van der Waals surface area contributed by atoms with Crippen molar-refractivity contribution in [3.05, 3.63) is 0 Å². The molecule has 2 atom stereocenters. The lowest BCUT2D eigenvalue weighted by atomic mass is 9.86. The highest BCUT2D eigenvalue weighted by atomic mass is 32.2. The fourth-order valence-electron chi connectivity index (χ4n) is 4.65. The predicted octanol–water partition coefficient (Wildman–Crippen LogP) is 11.6. The normalized spacial score (nSPS) is 14.3.